The van der Waals surface area contributed by atoms with Crippen LogP contribution in [0.5, 0.6) is 5.75 Å². The number of nitrogens with zero attached hydrogens (tertiary/aromatic N) is 1. The Morgan fingerprint density at radius 2 is 1.97 bits per heavy atom. The molecule has 0 spiro atoms. The van der Waals surface area contributed by atoms with Crippen LogP contribution in [0.1, 0.15) is 46.5 Å². The van der Waals surface area contributed by atoms with Crippen molar-refractivity contribution >= 4 is 33.8 Å². The summed E-state index contributed by atoms with van der Waals surface area (Å²) in [6.07, 6.45) is 5.80. The van der Waals surface area contributed by atoms with Gasteiger partial charge in [-0.1, -0.05) is 0 Å². The summed E-state index contributed by atoms with van der Waals surface area (Å²) < 4.78 is 11.0. The Labute approximate surface area is 189 Å². The molecule has 170 valence electrons. The molecule has 1 fully saturated rings. The van der Waals surface area contributed by atoms with Crippen molar-refractivity contribution in [1.29, 1.82) is 0 Å². The monoisotopic (exact) mass is 459 g/mol. The largest absolute Gasteiger partial charge is 0.484 e. The number of fused-ring (bicyclic) bond motifs is 1. The first-order valence-electron chi connectivity index (χ1n) is 10.7. The van der Waals surface area contributed by atoms with Crippen LogP contribution in [0.2, 0.25) is 0 Å². The van der Waals surface area contributed by atoms with Crippen LogP contribution in [-0.4, -0.2) is 42.6 Å². The van der Waals surface area contributed by atoms with Crippen LogP contribution in [-0.2, 0) is 22.4 Å². The summed E-state index contributed by atoms with van der Waals surface area (Å²) in [5, 5.41) is 17.1. The number of rotatable bonds is 8. The van der Waals surface area contributed by atoms with Gasteiger partial charge >= 0.3 is 0 Å². The Bertz CT molecular complexity index is 998. The number of carbonyl (C=O) groups is 2. The van der Waals surface area contributed by atoms with Crippen molar-refractivity contribution in [2.24, 2.45) is 0 Å². The number of hydrogen-bond acceptors (Lipinski definition) is 7. The number of aryl methyl sites for hydroxylation is 1. The summed E-state index contributed by atoms with van der Waals surface area (Å²) >= 11 is 1.45. The minimum Gasteiger partial charge on any atom is -0.484 e. The van der Waals surface area contributed by atoms with E-state index in [9.17, 15) is 19.7 Å². The van der Waals surface area contributed by atoms with Crippen LogP contribution >= 0.6 is 11.3 Å². The number of nitrogens with one attached hydrogen (secondary N) is 2. The Morgan fingerprint density at radius 3 is 2.69 bits per heavy atom. The van der Waals surface area contributed by atoms with Crippen molar-refractivity contribution in [1.82, 2.24) is 5.32 Å². The number of hydrogen-bond donors (Lipinski definition) is 2. The van der Waals surface area contributed by atoms with E-state index in [1.165, 1.54) is 35.6 Å². The van der Waals surface area contributed by atoms with Crippen LogP contribution in [0.3, 0.4) is 0 Å². The van der Waals surface area contributed by atoms with E-state index < -0.39 is 10.8 Å². The number of thiophene rings is 1. The molecule has 0 saturated carbocycles. The van der Waals surface area contributed by atoms with Gasteiger partial charge in [0.2, 0.25) is 0 Å². The Hall–Kier alpha value is -2.98. The third kappa shape index (κ3) is 5.25. The molecular weight excluding hydrogens is 434 g/mol. The summed E-state index contributed by atoms with van der Waals surface area (Å²) in [6, 6.07) is 5.52. The van der Waals surface area contributed by atoms with Gasteiger partial charge in [0.25, 0.3) is 17.5 Å². The lowest BCUT2D eigenvalue weighted by Gasteiger charge is -2.15. The zero-order chi connectivity index (χ0) is 22.5. The lowest BCUT2D eigenvalue weighted by molar-refractivity contribution is -0.384. The van der Waals surface area contributed by atoms with E-state index in [-0.39, 0.29) is 24.3 Å². The van der Waals surface area contributed by atoms with Gasteiger partial charge in [-0.3, -0.25) is 19.7 Å². The minimum atomic E-state index is -0.500. The SMILES string of the molecule is O=C(COc1ccc([N+](=O)[O-])cc1)Nc1sc2c(c1C(=O)NC[C@@H]1CCCO1)CCCC2. The average molecular weight is 460 g/mol. The van der Waals surface area contributed by atoms with Crippen LogP contribution < -0.4 is 15.4 Å². The van der Waals surface area contributed by atoms with Gasteiger partial charge in [0.05, 0.1) is 16.6 Å². The summed E-state index contributed by atoms with van der Waals surface area (Å²) in [5.74, 6) is -0.229. The highest BCUT2D eigenvalue weighted by molar-refractivity contribution is 7.17. The molecule has 0 bridgehead atoms. The average Bonchev–Trinajstić information content (AvgIpc) is 3.44. The lowest BCUT2D eigenvalue weighted by Crippen LogP contribution is -2.33. The number of carbonyl (C=O) groups excluding carboxylic acids is 2. The fourth-order valence-electron chi connectivity index (χ4n) is 3.97. The molecule has 0 unspecified atom stereocenters. The molecule has 2 amide bonds. The molecule has 1 saturated heterocycles. The predicted octanol–water partition coefficient (Wildman–Crippen LogP) is 3.46. The molecule has 1 aliphatic carbocycles. The fraction of sp³-hybridized carbons (Fsp3) is 0.455. The maximum atomic E-state index is 13.0. The van der Waals surface area contributed by atoms with Gasteiger partial charge < -0.3 is 20.1 Å². The number of amides is 2. The first-order chi connectivity index (χ1) is 15.5. The smallest absolute Gasteiger partial charge is 0.269 e. The highest BCUT2D eigenvalue weighted by Crippen LogP contribution is 2.38. The van der Waals surface area contributed by atoms with Crippen molar-refractivity contribution in [2.75, 3.05) is 25.1 Å². The molecule has 32 heavy (non-hydrogen) atoms. The maximum absolute atomic E-state index is 13.0. The van der Waals surface area contributed by atoms with Gasteiger partial charge in [-0.2, -0.15) is 0 Å². The van der Waals surface area contributed by atoms with Gasteiger partial charge in [-0.05, 0) is 56.2 Å². The number of non-ortho nitro benzene ring substituents is 1. The van der Waals surface area contributed by atoms with E-state index in [1.54, 1.807) is 0 Å². The van der Waals surface area contributed by atoms with Crippen molar-refractivity contribution < 1.29 is 24.0 Å². The molecular formula is C22H25N3O6S. The van der Waals surface area contributed by atoms with Crippen molar-refractivity contribution in [3.63, 3.8) is 0 Å². The number of ether oxygens (including phenoxy) is 2. The van der Waals surface area contributed by atoms with Gasteiger partial charge in [0.15, 0.2) is 6.61 Å². The van der Waals surface area contributed by atoms with Gasteiger partial charge in [0, 0.05) is 30.2 Å². The number of nitro groups is 1. The van der Waals surface area contributed by atoms with Crippen LogP contribution in [0.25, 0.3) is 0 Å². The van der Waals surface area contributed by atoms with Crippen LogP contribution in [0.4, 0.5) is 10.7 Å². The summed E-state index contributed by atoms with van der Waals surface area (Å²) in [6.45, 7) is 0.919. The molecule has 4 rings (SSSR count). The molecule has 10 heteroatoms. The number of benzene rings is 1. The summed E-state index contributed by atoms with van der Waals surface area (Å²) in [4.78, 5) is 36.9. The highest BCUT2D eigenvalue weighted by Gasteiger charge is 2.27. The zero-order valence-electron chi connectivity index (χ0n) is 17.6. The number of nitro benzene ring substituents is 1. The van der Waals surface area contributed by atoms with E-state index >= 15 is 0 Å². The van der Waals surface area contributed by atoms with Crippen LogP contribution in [0.15, 0.2) is 24.3 Å². The van der Waals surface area contributed by atoms with E-state index in [1.807, 2.05) is 0 Å². The minimum absolute atomic E-state index is 0.0431. The van der Waals surface area contributed by atoms with Crippen molar-refractivity contribution in [2.45, 2.75) is 44.6 Å². The predicted molar refractivity (Wildman–Crippen MR) is 119 cm³/mol. The first kappa shape index (κ1) is 22.2. The Balaban J connectivity index is 1.41. The summed E-state index contributed by atoms with van der Waals surface area (Å²) in [7, 11) is 0. The van der Waals surface area contributed by atoms with E-state index in [4.69, 9.17) is 9.47 Å². The lowest BCUT2D eigenvalue weighted by atomic mass is 9.95. The van der Waals surface area contributed by atoms with E-state index in [0.29, 0.717) is 22.9 Å². The third-order valence-electron chi connectivity index (χ3n) is 5.58. The van der Waals surface area contributed by atoms with Gasteiger partial charge in [-0.25, -0.2) is 0 Å². The topological polar surface area (TPSA) is 120 Å². The molecule has 2 heterocycles. The normalized spacial score (nSPS) is 17.4. The van der Waals surface area contributed by atoms with E-state index in [0.717, 1.165) is 55.6 Å². The fourth-order valence-corrected chi connectivity index (χ4v) is 5.27. The number of anilines is 1. The van der Waals surface area contributed by atoms with Gasteiger partial charge in [0.1, 0.15) is 10.8 Å². The van der Waals surface area contributed by atoms with Crippen molar-refractivity contribution in [3.8, 4) is 5.75 Å². The second kappa shape index (κ2) is 10.1. The first-order valence-corrected chi connectivity index (χ1v) is 11.5. The molecule has 1 aromatic heterocycles. The second-order valence-corrected chi connectivity index (χ2v) is 8.95. The molecule has 1 aliphatic heterocycles. The standard InChI is InChI=1S/C22H25N3O6S/c26-19(13-31-15-9-7-14(8-10-15)25(28)29)24-22-20(17-5-1-2-6-18(17)32-22)21(27)23-12-16-4-3-11-30-16/h7-10,16H,1-6,11-13H2,(H,23,27)(H,24,26)/t16-/m0/s1. The molecule has 0 radical (unpaired) electrons. The highest BCUT2D eigenvalue weighted by atomic mass is 32.1. The molecule has 1 aromatic carbocycles. The molecule has 2 N–H and O–H groups in total. The van der Waals surface area contributed by atoms with Gasteiger partial charge in [-0.15, -0.1) is 11.3 Å². The summed E-state index contributed by atoms with van der Waals surface area (Å²) in [5.41, 5.74) is 1.52. The quantitative estimate of drug-likeness (QED) is 0.461. The maximum Gasteiger partial charge on any atom is 0.269 e. The third-order valence-corrected chi connectivity index (χ3v) is 6.79. The van der Waals surface area contributed by atoms with Crippen LogP contribution in [0, 0.1) is 10.1 Å². The molecule has 9 nitrogen and oxygen atoms in total. The van der Waals surface area contributed by atoms with E-state index in [2.05, 4.69) is 10.6 Å². The Morgan fingerprint density at radius 1 is 1.19 bits per heavy atom. The molecule has 2 aromatic rings. The zero-order valence-corrected chi connectivity index (χ0v) is 18.4. The molecule has 1 atom stereocenters. The Kier molecular flexibility index (Phi) is 7.01. The second-order valence-electron chi connectivity index (χ2n) is 7.85. The molecule has 2 aliphatic rings. The van der Waals surface area contributed by atoms with Crippen molar-refractivity contribution in [3.05, 3.63) is 50.4 Å².